The zero-order valence-electron chi connectivity index (χ0n) is 24.1. The molecule has 8 nitrogen and oxygen atoms in total. The number of halogens is 2. The van der Waals surface area contributed by atoms with Crippen LogP contribution in [0.5, 0.6) is 0 Å². The van der Waals surface area contributed by atoms with Crippen LogP contribution in [0.15, 0.2) is 33.3 Å². The van der Waals surface area contributed by atoms with Crippen molar-refractivity contribution in [3.63, 3.8) is 0 Å². The van der Waals surface area contributed by atoms with E-state index in [0.29, 0.717) is 68.0 Å². The molecule has 0 aliphatic heterocycles. The van der Waals surface area contributed by atoms with Gasteiger partial charge in [0.15, 0.2) is 11.6 Å². The number of amides is 1. The molecule has 2 heterocycles. The van der Waals surface area contributed by atoms with Crippen LogP contribution in [0.25, 0.3) is 11.5 Å². The first kappa shape index (κ1) is 25.2. The fraction of sp³-hybridized carbons (Fsp3) is 0.667. The highest BCUT2D eigenvalue weighted by molar-refractivity contribution is 5.86. The molecule has 6 bridgehead atoms. The van der Waals surface area contributed by atoms with Gasteiger partial charge >= 0.3 is 0 Å². The van der Waals surface area contributed by atoms with Gasteiger partial charge in [0.1, 0.15) is 11.8 Å². The normalized spacial score (nSPS) is 42.3. The van der Waals surface area contributed by atoms with Crippen molar-refractivity contribution < 1.29 is 22.6 Å². The lowest BCUT2D eigenvalue weighted by atomic mass is 9.42. The highest BCUT2D eigenvalue weighted by Crippen LogP contribution is 2.70. The van der Waals surface area contributed by atoms with E-state index < -0.39 is 28.7 Å². The standard InChI is InChI=1S/C33H35F2N5O3/c34-22-14-29(26-38-28(43-40-26)31-15-32(35,16-31)17-31)6-8-33(22,9-7-29)23(36-27(41)30-11-18(12-30)13-30)20-2-1-3-21(10-20)25-37-24(39-42-25)19-4-5-19/h1-3,10,18-19,22-23H,4-9,11-17H2,(H,36,41). The molecule has 1 aromatic carbocycles. The quantitative estimate of drug-likeness (QED) is 0.328. The molecule has 10 aliphatic carbocycles. The van der Waals surface area contributed by atoms with E-state index in [1.165, 1.54) is 0 Å². The Balaban J connectivity index is 0.967. The van der Waals surface area contributed by atoms with Crippen molar-refractivity contribution in [3.05, 3.63) is 47.4 Å². The first-order valence-electron chi connectivity index (χ1n) is 16.1. The molecule has 10 saturated carbocycles. The van der Waals surface area contributed by atoms with Crippen LogP contribution < -0.4 is 5.32 Å². The van der Waals surface area contributed by atoms with Crippen LogP contribution in [0.2, 0.25) is 0 Å². The molecular weight excluding hydrogens is 552 g/mol. The predicted octanol–water partition coefficient (Wildman–Crippen LogP) is 6.34. The minimum atomic E-state index is -1.16. The Morgan fingerprint density at radius 2 is 1.72 bits per heavy atom. The Morgan fingerprint density at radius 1 is 0.953 bits per heavy atom. The lowest BCUT2D eigenvalue weighted by molar-refractivity contribution is -0.170. The highest BCUT2D eigenvalue weighted by Gasteiger charge is 2.73. The average molecular weight is 588 g/mol. The van der Waals surface area contributed by atoms with E-state index in [1.54, 1.807) is 0 Å². The van der Waals surface area contributed by atoms with Crippen LogP contribution in [0, 0.1) is 16.7 Å². The monoisotopic (exact) mass is 587 g/mol. The second kappa shape index (κ2) is 7.91. The molecule has 1 N–H and O–H groups in total. The van der Waals surface area contributed by atoms with Crippen molar-refractivity contribution in [2.45, 2.75) is 118 Å². The van der Waals surface area contributed by atoms with E-state index in [4.69, 9.17) is 14.0 Å². The summed E-state index contributed by atoms with van der Waals surface area (Å²) in [6.45, 7) is 0. The molecule has 0 saturated heterocycles. The maximum Gasteiger partial charge on any atom is 0.257 e. The van der Waals surface area contributed by atoms with Gasteiger partial charge in [-0.25, -0.2) is 8.78 Å². The molecule has 10 aliphatic rings. The minimum Gasteiger partial charge on any atom is -0.348 e. The Hall–Kier alpha value is -3.17. The molecule has 43 heavy (non-hydrogen) atoms. The van der Waals surface area contributed by atoms with E-state index >= 15 is 4.39 Å². The van der Waals surface area contributed by atoms with Crippen molar-refractivity contribution in [1.82, 2.24) is 25.6 Å². The van der Waals surface area contributed by atoms with Gasteiger partial charge in [-0.2, -0.15) is 9.97 Å². The summed E-state index contributed by atoms with van der Waals surface area (Å²) in [4.78, 5) is 23.2. The largest absolute Gasteiger partial charge is 0.348 e. The summed E-state index contributed by atoms with van der Waals surface area (Å²) >= 11 is 0. The molecule has 13 rings (SSSR count). The molecule has 2 atom stereocenters. The number of hydrogen-bond acceptors (Lipinski definition) is 7. The number of benzene rings is 1. The van der Waals surface area contributed by atoms with Gasteiger partial charge < -0.3 is 14.4 Å². The van der Waals surface area contributed by atoms with Gasteiger partial charge in [0.05, 0.1) is 11.5 Å². The zero-order valence-corrected chi connectivity index (χ0v) is 24.1. The number of hydrogen-bond donors (Lipinski definition) is 1. The molecule has 10 heteroatoms. The van der Waals surface area contributed by atoms with Crippen molar-refractivity contribution in [2.24, 2.45) is 16.7 Å². The number of aromatic nitrogens is 4. The fourth-order valence-corrected chi connectivity index (χ4v) is 9.90. The van der Waals surface area contributed by atoms with Crippen LogP contribution in [0.3, 0.4) is 0 Å². The fourth-order valence-electron chi connectivity index (χ4n) is 9.90. The molecule has 2 unspecified atom stereocenters. The Labute approximate surface area is 247 Å². The summed E-state index contributed by atoms with van der Waals surface area (Å²) in [6, 6.07) is 7.41. The maximum absolute atomic E-state index is 16.8. The summed E-state index contributed by atoms with van der Waals surface area (Å²) < 4.78 is 42.3. The Bertz CT molecular complexity index is 1630. The van der Waals surface area contributed by atoms with E-state index in [-0.39, 0.29) is 16.7 Å². The van der Waals surface area contributed by atoms with Crippen LogP contribution >= 0.6 is 0 Å². The first-order valence-corrected chi connectivity index (χ1v) is 16.1. The summed E-state index contributed by atoms with van der Waals surface area (Å²) in [5.41, 5.74) is -1.20. The van der Waals surface area contributed by atoms with E-state index in [2.05, 4.69) is 20.6 Å². The highest BCUT2D eigenvalue weighted by atomic mass is 19.1. The molecule has 224 valence electrons. The molecule has 10 fully saturated rings. The number of carbonyl (C=O) groups excluding carboxylic acids is 1. The SMILES string of the molecule is O=C(NC(c1cccc(-c2nc(C3CC3)no2)c1)C12CCC(c3noc(C45CC(F)(C4)C5)n3)(CC1)CC2F)C12CC(C1)C2. The lowest BCUT2D eigenvalue weighted by Crippen LogP contribution is -2.67. The molecule has 3 aromatic rings. The van der Waals surface area contributed by atoms with Gasteiger partial charge in [-0.15, -0.1) is 0 Å². The van der Waals surface area contributed by atoms with Crippen LogP contribution in [-0.4, -0.2) is 38.0 Å². The molecule has 1 amide bonds. The van der Waals surface area contributed by atoms with Crippen molar-refractivity contribution in [2.75, 3.05) is 0 Å². The van der Waals surface area contributed by atoms with Gasteiger partial charge in [0, 0.05) is 27.7 Å². The summed E-state index contributed by atoms with van der Waals surface area (Å²) in [5, 5.41) is 12.0. The third-order valence-corrected chi connectivity index (χ3v) is 12.9. The van der Waals surface area contributed by atoms with E-state index in [0.717, 1.165) is 61.9 Å². The van der Waals surface area contributed by atoms with E-state index in [1.807, 2.05) is 24.3 Å². The van der Waals surface area contributed by atoms with E-state index in [9.17, 15) is 9.18 Å². The van der Waals surface area contributed by atoms with Crippen molar-refractivity contribution in [3.8, 4) is 11.5 Å². The number of rotatable bonds is 8. The average Bonchev–Trinajstić information content (AvgIpc) is 3.43. The minimum absolute atomic E-state index is 0.0650. The third-order valence-electron chi connectivity index (χ3n) is 12.9. The molecule has 0 radical (unpaired) electrons. The summed E-state index contributed by atoms with van der Waals surface area (Å²) in [6.07, 6.45) is 8.15. The third kappa shape index (κ3) is 3.33. The van der Waals surface area contributed by atoms with Crippen LogP contribution in [0.4, 0.5) is 8.78 Å². The Kier molecular flexibility index (Phi) is 4.63. The Morgan fingerprint density at radius 3 is 2.37 bits per heavy atom. The summed E-state index contributed by atoms with van der Waals surface area (Å²) in [7, 11) is 0. The summed E-state index contributed by atoms with van der Waals surface area (Å²) in [5.74, 6) is 3.43. The molecule has 0 spiro atoms. The molecular formula is C33H35F2N5O3. The van der Waals surface area contributed by atoms with Gasteiger partial charge in [0.25, 0.3) is 5.89 Å². The van der Waals surface area contributed by atoms with Gasteiger partial charge in [-0.1, -0.05) is 22.4 Å². The second-order valence-corrected chi connectivity index (χ2v) is 15.6. The van der Waals surface area contributed by atoms with Crippen LogP contribution in [0.1, 0.15) is 119 Å². The van der Waals surface area contributed by atoms with Crippen molar-refractivity contribution >= 4 is 5.91 Å². The topological polar surface area (TPSA) is 107 Å². The smallest absolute Gasteiger partial charge is 0.257 e. The van der Waals surface area contributed by atoms with Gasteiger partial charge in [-0.05, 0) is 107 Å². The zero-order chi connectivity index (χ0) is 28.8. The van der Waals surface area contributed by atoms with Gasteiger partial charge in [-0.3, -0.25) is 4.79 Å². The lowest BCUT2D eigenvalue weighted by Gasteiger charge is -2.63. The number of nitrogens with one attached hydrogen (secondary N) is 1. The number of fused-ring (bicyclic) bond motifs is 3. The van der Waals surface area contributed by atoms with Crippen LogP contribution in [-0.2, 0) is 15.6 Å². The van der Waals surface area contributed by atoms with Crippen molar-refractivity contribution in [1.29, 1.82) is 0 Å². The number of carbonyl (C=O) groups is 1. The number of nitrogens with zero attached hydrogens (tertiary/aromatic N) is 4. The molecule has 2 aromatic heterocycles. The van der Waals surface area contributed by atoms with Gasteiger partial charge in [0.2, 0.25) is 11.8 Å². The second-order valence-electron chi connectivity index (χ2n) is 15.6. The maximum atomic E-state index is 16.8. The number of alkyl halides is 2. The first-order chi connectivity index (χ1) is 20.7. The predicted molar refractivity (Wildman–Crippen MR) is 148 cm³/mol.